The molecule has 1 unspecified atom stereocenters. The van der Waals surface area contributed by atoms with E-state index in [1.165, 1.54) is 11.1 Å². The normalized spacial score (nSPS) is 14.6. The molecule has 0 saturated carbocycles. The molecule has 0 bridgehead atoms. The number of nitrogens with zero attached hydrogens (tertiary/aromatic N) is 2. The number of aromatic nitrogens is 3. The Bertz CT molecular complexity index is 916. The van der Waals surface area contributed by atoms with E-state index in [0.717, 1.165) is 12.8 Å². The van der Waals surface area contributed by atoms with E-state index in [1.54, 1.807) is 12.3 Å². The standard InChI is InChI=1S/C21H23N5O2/c27-17(12-23-16-9-14-5-1-2-6-15(14)10-16)13-24-21(28)20-11-19(25-26-20)18-7-3-4-8-22-18/h1-8,11,16-17,23,27H,9-10,12-13H2,(H,24,28)(H,25,26). The summed E-state index contributed by atoms with van der Waals surface area (Å²) in [6.45, 7) is 0.602. The summed E-state index contributed by atoms with van der Waals surface area (Å²) in [5.74, 6) is -0.304. The van der Waals surface area contributed by atoms with Crippen LogP contribution in [0.5, 0.6) is 0 Å². The van der Waals surface area contributed by atoms with Gasteiger partial charge in [0.25, 0.3) is 5.91 Å². The number of hydrogen-bond acceptors (Lipinski definition) is 5. The first kappa shape index (κ1) is 18.3. The number of fused-ring (bicyclic) bond motifs is 1. The van der Waals surface area contributed by atoms with Gasteiger partial charge in [0.05, 0.1) is 11.8 Å². The molecule has 0 fully saturated rings. The van der Waals surface area contributed by atoms with Crippen LogP contribution in [0.25, 0.3) is 11.4 Å². The topological polar surface area (TPSA) is 103 Å². The summed E-state index contributed by atoms with van der Waals surface area (Å²) >= 11 is 0. The van der Waals surface area contributed by atoms with Crippen molar-refractivity contribution in [2.45, 2.75) is 25.0 Å². The van der Waals surface area contributed by atoms with Crippen LogP contribution >= 0.6 is 0 Å². The minimum Gasteiger partial charge on any atom is -0.390 e. The Hall–Kier alpha value is -3.03. The molecule has 4 rings (SSSR count). The SMILES string of the molecule is O=C(NCC(O)CNC1Cc2ccccc2C1)c1cc(-c2ccccn2)n[nH]1. The Labute approximate surface area is 163 Å². The molecule has 28 heavy (non-hydrogen) atoms. The number of aliphatic hydroxyl groups excluding tert-OH is 1. The van der Waals surface area contributed by atoms with Gasteiger partial charge in [-0.2, -0.15) is 5.10 Å². The van der Waals surface area contributed by atoms with Crippen molar-refractivity contribution in [3.63, 3.8) is 0 Å². The first-order chi connectivity index (χ1) is 13.7. The summed E-state index contributed by atoms with van der Waals surface area (Å²) < 4.78 is 0. The zero-order chi connectivity index (χ0) is 19.3. The minimum absolute atomic E-state index is 0.170. The highest BCUT2D eigenvalue weighted by Gasteiger charge is 2.21. The second-order valence-electron chi connectivity index (χ2n) is 7.03. The molecule has 0 saturated heterocycles. The number of aliphatic hydroxyl groups is 1. The highest BCUT2D eigenvalue weighted by atomic mass is 16.3. The fourth-order valence-corrected chi connectivity index (χ4v) is 3.47. The quantitative estimate of drug-likeness (QED) is 0.497. The molecule has 144 valence electrons. The van der Waals surface area contributed by atoms with Gasteiger partial charge in [-0.3, -0.25) is 14.9 Å². The van der Waals surface area contributed by atoms with E-state index in [9.17, 15) is 9.90 Å². The second-order valence-corrected chi connectivity index (χ2v) is 7.03. The second kappa shape index (κ2) is 8.33. The zero-order valence-electron chi connectivity index (χ0n) is 15.4. The summed E-state index contributed by atoms with van der Waals surface area (Å²) in [6, 6.07) is 15.9. The van der Waals surface area contributed by atoms with Gasteiger partial charge in [-0.25, -0.2) is 0 Å². The van der Waals surface area contributed by atoms with Gasteiger partial charge >= 0.3 is 0 Å². The molecule has 1 aliphatic rings. The van der Waals surface area contributed by atoms with E-state index in [1.807, 2.05) is 18.2 Å². The third-order valence-corrected chi connectivity index (χ3v) is 4.94. The van der Waals surface area contributed by atoms with E-state index in [2.05, 4.69) is 50.1 Å². The molecular formula is C21H23N5O2. The van der Waals surface area contributed by atoms with Crippen molar-refractivity contribution in [3.05, 3.63) is 71.5 Å². The number of carbonyl (C=O) groups is 1. The van der Waals surface area contributed by atoms with Crippen molar-refractivity contribution in [1.82, 2.24) is 25.8 Å². The van der Waals surface area contributed by atoms with Gasteiger partial charge in [0, 0.05) is 25.3 Å². The van der Waals surface area contributed by atoms with Crippen molar-refractivity contribution in [2.75, 3.05) is 13.1 Å². The fraction of sp³-hybridized carbons (Fsp3) is 0.286. The van der Waals surface area contributed by atoms with Gasteiger partial charge in [-0.15, -0.1) is 0 Å². The van der Waals surface area contributed by atoms with Crippen LogP contribution in [0.3, 0.4) is 0 Å². The molecule has 7 nitrogen and oxygen atoms in total. The molecule has 2 heterocycles. The Balaban J connectivity index is 1.22. The van der Waals surface area contributed by atoms with Crippen molar-refractivity contribution >= 4 is 5.91 Å². The molecule has 1 aliphatic carbocycles. The van der Waals surface area contributed by atoms with E-state index >= 15 is 0 Å². The van der Waals surface area contributed by atoms with Gasteiger partial charge in [-0.05, 0) is 42.2 Å². The maximum atomic E-state index is 12.3. The highest BCUT2D eigenvalue weighted by molar-refractivity contribution is 5.93. The average Bonchev–Trinajstić information content (AvgIpc) is 3.38. The predicted octanol–water partition coefficient (Wildman–Crippen LogP) is 1.32. The van der Waals surface area contributed by atoms with E-state index < -0.39 is 6.10 Å². The molecule has 4 N–H and O–H groups in total. The zero-order valence-corrected chi connectivity index (χ0v) is 15.4. The number of amides is 1. The lowest BCUT2D eigenvalue weighted by Gasteiger charge is -2.16. The molecule has 0 spiro atoms. The van der Waals surface area contributed by atoms with Crippen molar-refractivity contribution in [1.29, 1.82) is 0 Å². The van der Waals surface area contributed by atoms with Gasteiger partial charge < -0.3 is 15.7 Å². The minimum atomic E-state index is -0.661. The predicted molar refractivity (Wildman–Crippen MR) is 106 cm³/mol. The third-order valence-electron chi connectivity index (χ3n) is 4.94. The molecule has 1 aromatic carbocycles. The number of pyridine rings is 1. The summed E-state index contributed by atoms with van der Waals surface area (Å²) in [7, 11) is 0. The van der Waals surface area contributed by atoms with Crippen molar-refractivity contribution < 1.29 is 9.90 Å². The Morgan fingerprint density at radius 3 is 2.57 bits per heavy atom. The Morgan fingerprint density at radius 1 is 1.11 bits per heavy atom. The average molecular weight is 377 g/mol. The van der Waals surface area contributed by atoms with Gasteiger partial charge in [0.2, 0.25) is 0 Å². The molecule has 3 aromatic rings. The van der Waals surface area contributed by atoms with E-state index in [0.29, 0.717) is 29.7 Å². The smallest absolute Gasteiger partial charge is 0.269 e. The summed E-state index contributed by atoms with van der Waals surface area (Å²) in [4.78, 5) is 16.5. The fourth-order valence-electron chi connectivity index (χ4n) is 3.47. The molecule has 2 aromatic heterocycles. The van der Waals surface area contributed by atoms with Crippen LogP contribution in [0.1, 0.15) is 21.6 Å². The lowest BCUT2D eigenvalue weighted by molar-refractivity contribution is 0.0909. The summed E-state index contributed by atoms with van der Waals surface area (Å²) in [5.41, 5.74) is 4.37. The van der Waals surface area contributed by atoms with Crippen LogP contribution in [-0.4, -0.2) is 51.4 Å². The molecule has 1 amide bonds. The third kappa shape index (κ3) is 4.27. The van der Waals surface area contributed by atoms with Crippen molar-refractivity contribution in [2.24, 2.45) is 0 Å². The van der Waals surface area contributed by atoms with Crippen LogP contribution in [0.4, 0.5) is 0 Å². The monoisotopic (exact) mass is 377 g/mol. The first-order valence-electron chi connectivity index (χ1n) is 9.42. The molecular weight excluding hydrogens is 354 g/mol. The largest absolute Gasteiger partial charge is 0.390 e. The number of carbonyl (C=O) groups excluding carboxylic acids is 1. The Kier molecular flexibility index (Phi) is 5.45. The van der Waals surface area contributed by atoms with Gasteiger partial charge in [0.15, 0.2) is 0 Å². The van der Waals surface area contributed by atoms with Crippen LogP contribution < -0.4 is 10.6 Å². The summed E-state index contributed by atoms with van der Waals surface area (Å²) in [5, 5.41) is 23.2. The highest BCUT2D eigenvalue weighted by Crippen LogP contribution is 2.21. The summed E-state index contributed by atoms with van der Waals surface area (Å²) in [6.07, 6.45) is 2.96. The maximum absolute atomic E-state index is 12.3. The number of rotatable bonds is 7. The van der Waals surface area contributed by atoms with Crippen LogP contribution in [-0.2, 0) is 12.8 Å². The molecule has 0 radical (unpaired) electrons. The number of benzene rings is 1. The lowest BCUT2D eigenvalue weighted by Crippen LogP contribution is -2.41. The number of H-pyrrole nitrogens is 1. The number of aromatic amines is 1. The van der Waals surface area contributed by atoms with E-state index in [4.69, 9.17) is 0 Å². The van der Waals surface area contributed by atoms with Gasteiger partial charge in [-0.1, -0.05) is 30.3 Å². The van der Waals surface area contributed by atoms with Crippen molar-refractivity contribution in [3.8, 4) is 11.4 Å². The number of nitrogens with one attached hydrogen (secondary N) is 3. The van der Waals surface area contributed by atoms with E-state index in [-0.39, 0.29) is 12.5 Å². The lowest BCUT2D eigenvalue weighted by atomic mass is 10.1. The number of hydrogen-bond donors (Lipinski definition) is 4. The van der Waals surface area contributed by atoms with Crippen LogP contribution in [0, 0.1) is 0 Å². The van der Waals surface area contributed by atoms with Gasteiger partial charge in [0.1, 0.15) is 11.4 Å². The van der Waals surface area contributed by atoms with Crippen LogP contribution in [0.15, 0.2) is 54.7 Å². The molecule has 0 aliphatic heterocycles. The molecule has 1 atom stereocenters. The first-order valence-corrected chi connectivity index (χ1v) is 9.42. The maximum Gasteiger partial charge on any atom is 0.269 e. The van der Waals surface area contributed by atoms with Crippen LogP contribution in [0.2, 0.25) is 0 Å². The molecule has 7 heteroatoms. The Morgan fingerprint density at radius 2 is 1.86 bits per heavy atom.